The van der Waals surface area contributed by atoms with Crippen molar-refractivity contribution in [2.45, 2.75) is 20.3 Å². The molecule has 116 valence electrons. The second-order valence-corrected chi connectivity index (χ2v) is 5.02. The molecule has 0 spiro atoms. The van der Waals surface area contributed by atoms with Crippen LogP contribution in [0.3, 0.4) is 0 Å². The van der Waals surface area contributed by atoms with Gasteiger partial charge in [-0.05, 0) is 43.5 Å². The fourth-order valence-corrected chi connectivity index (χ4v) is 2.09. The summed E-state index contributed by atoms with van der Waals surface area (Å²) in [6.07, 6.45) is 0.563. The van der Waals surface area contributed by atoms with Crippen LogP contribution in [0, 0.1) is 13.8 Å². The largest absolute Gasteiger partial charge is 0.494 e. The van der Waals surface area contributed by atoms with E-state index in [0.29, 0.717) is 19.6 Å². The van der Waals surface area contributed by atoms with Gasteiger partial charge in [-0.15, -0.1) is 0 Å². The molecular weight excluding hydrogens is 274 g/mol. The van der Waals surface area contributed by atoms with Crippen LogP contribution in [0.25, 0.3) is 0 Å². The zero-order valence-corrected chi connectivity index (χ0v) is 12.3. The molecule has 1 aromatic carbocycles. The molecule has 6 nitrogen and oxygen atoms in total. The van der Waals surface area contributed by atoms with Crippen molar-refractivity contribution in [3.05, 3.63) is 29.3 Å². The fourth-order valence-electron chi connectivity index (χ4n) is 2.09. The van der Waals surface area contributed by atoms with Gasteiger partial charge in [0.2, 0.25) is 0 Å². The van der Waals surface area contributed by atoms with Crippen molar-refractivity contribution in [2.75, 3.05) is 26.2 Å². The molecule has 0 aliphatic carbocycles. The molecule has 0 unspecified atom stereocenters. The van der Waals surface area contributed by atoms with Gasteiger partial charge in [0.1, 0.15) is 5.75 Å². The van der Waals surface area contributed by atoms with Crippen LogP contribution in [-0.4, -0.2) is 53.3 Å². The zero-order valence-electron chi connectivity index (χ0n) is 12.3. The number of hydrogen-bond donors (Lipinski definition) is 2. The first-order valence-corrected chi connectivity index (χ1v) is 6.74. The number of carboxylic acids is 2. The van der Waals surface area contributed by atoms with Gasteiger partial charge in [0.25, 0.3) is 0 Å². The highest BCUT2D eigenvalue weighted by Crippen LogP contribution is 2.16. The SMILES string of the molecule is Cc1cc(C)cc(OCCCN(CC(=O)O)CC(=O)O)c1. The summed E-state index contributed by atoms with van der Waals surface area (Å²) in [7, 11) is 0. The van der Waals surface area contributed by atoms with E-state index in [1.54, 1.807) is 0 Å². The molecule has 0 aliphatic heterocycles. The molecule has 0 fully saturated rings. The summed E-state index contributed by atoms with van der Waals surface area (Å²) >= 11 is 0. The lowest BCUT2D eigenvalue weighted by molar-refractivity contribution is -0.141. The number of benzene rings is 1. The monoisotopic (exact) mass is 295 g/mol. The van der Waals surface area contributed by atoms with E-state index in [0.717, 1.165) is 16.9 Å². The fraction of sp³-hybridized carbons (Fsp3) is 0.467. The minimum atomic E-state index is -1.04. The van der Waals surface area contributed by atoms with Gasteiger partial charge in [-0.3, -0.25) is 14.5 Å². The van der Waals surface area contributed by atoms with Gasteiger partial charge in [0.15, 0.2) is 0 Å². The standard InChI is InChI=1S/C15H21NO5/c1-11-6-12(2)8-13(7-11)21-5-3-4-16(9-14(17)18)10-15(19)20/h6-8H,3-5,9-10H2,1-2H3,(H,17,18)(H,19,20). The van der Waals surface area contributed by atoms with Gasteiger partial charge >= 0.3 is 11.9 Å². The predicted molar refractivity (Wildman–Crippen MR) is 77.7 cm³/mol. The Kier molecular flexibility index (Phi) is 6.68. The molecule has 0 aliphatic rings. The average Bonchev–Trinajstić information content (AvgIpc) is 2.31. The predicted octanol–water partition coefficient (Wildman–Crippen LogP) is 1.54. The van der Waals surface area contributed by atoms with E-state index in [-0.39, 0.29) is 13.1 Å². The highest BCUT2D eigenvalue weighted by atomic mass is 16.5. The van der Waals surface area contributed by atoms with Crippen molar-refractivity contribution in [3.8, 4) is 5.75 Å². The molecule has 0 amide bonds. The Morgan fingerprint density at radius 3 is 2.05 bits per heavy atom. The first-order valence-electron chi connectivity index (χ1n) is 6.74. The molecule has 0 aromatic heterocycles. The Bertz CT molecular complexity index is 465. The van der Waals surface area contributed by atoms with Crippen LogP contribution in [0.1, 0.15) is 17.5 Å². The summed E-state index contributed by atoms with van der Waals surface area (Å²) in [5.41, 5.74) is 2.23. The maximum absolute atomic E-state index is 10.7. The molecule has 0 atom stereocenters. The van der Waals surface area contributed by atoms with Gasteiger partial charge < -0.3 is 14.9 Å². The van der Waals surface area contributed by atoms with Crippen LogP contribution in [0.5, 0.6) is 5.75 Å². The second-order valence-electron chi connectivity index (χ2n) is 5.02. The summed E-state index contributed by atoms with van der Waals surface area (Å²) in [5, 5.41) is 17.5. The van der Waals surface area contributed by atoms with Crippen molar-refractivity contribution >= 4 is 11.9 Å². The summed E-state index contributed by atoms with van der Waals surface area (Å²) < 4.78 is 5.61. The number of hydrogen-bond acceptors (Lipinski definition) is 4. The Balaban J connectivity index is 2.39. The van der Waals surface area contributed by atoms with Gasteiger partial charge in [0.05, 0.1) is 19.7 Å². The van der Waals surface area contributed by atoms with Gasteiger partial charge in [-0.2, -0.15) is 0 Å². The van der Waals surface area contributed by atoms with Crippen molar-refractivity contribution in [1.29, 1.82) is 0 Å². The van der Waals surface area contributed by atoms with Crippen LogP contribution in [0.2, 0.25) is 0 Å². The topological polar surface area (TPSA) is 87.1 Å². The van der Waals surface area contributed by atoms with E-state index in [4.69, 9.17) is 14.9 Å². The highest BCUT2D eigenvalue weighted by Gasteiger charge is 2.12. The maximum atomic E-state index is 10.7. The van der Waals surface area contributed by atoms with Crippen LogP contribution >= 0.6 is 0 Å². The third-order valence-corrected chi connectivity index (χ3v) is 2.80. The Morgan fingerprint density at radius 1 is 1.05 bits per heavy atom. The third-order valence-electron chi connectivity index (χ3n) is 2.80. The van der Waals surface area contributed by atoms with Crippen molar-refractivity contribution in [2.24, 2.45) is 0 Å². The summed E-state index contributed by atoms with van der Waals surface area (Å²) in [6, 6.07) is 5.91. The lowest BCUT2D eigenvalue weighted by Gasteiger charge is -2.17. The van der Waals surface area contributed by atoms with E-state index < -0.39 is 11.9 Å². The third kappa shape index (κ3) is 7.31. The molecule has 0 saturated carbocycles. The van der Waals surface area contributed by atoms with Crippen molar-refractivity contribution < 1.29 is 24.5 Å². The Morgan fingerprint density at radius 2 is 1.57 bits per heavy atom. The van der Waals surface area contributed by atoms with Crippen molar-refractivity contribution in [1.82, 2.24) is 4.90 Å². The van der Waals surface area contributed by atoms with E-state index in [2.05, 4.69) is 0 Å². The van der Waals surface area contributed by atoms with Gasteiger partial charge in [-0.1, -0.05) is 6.07 Å². The Hall–Kier alpha value is -2.08. The lowest BCUT2D eigenvalue weighted by Crippen LogP contribution is -2.35. The summed E-state index contributed by atoms with van der Waals surface area (Å²) in [5.74, 6) is -1.30. The van der Waals surface area contributed by atoms with Crippen LogP contribution in [0.4, 0.5) is 0 Å². The molecule has 0 saturated heterocycles. The minimum absolute atomic E-state index is 0.282. The van der Waals surface area contributed by atoms with E-state index >= 15 is 0 Å². The Labute approximate surface area is 124 Å². The number of ether oxygens (including phenoxy) is 1. The molecule has 0 heterocycles. The summed E-state index contributed by atoms with van der Waals surface area (Å²) in [6.45, 7) is 4.19. The van der Waals surface area contributed by atoms with Crippen molar-refractivity contribution in [3.63, 3.8) is 0 Å². The quantitative estimate of drug-likeness (QED) is 0.672. The highest BCUT2D eigenvalue weighted by molar-refractivity contribution is 5.72. The van der Waals surface area contributed by atoms with E-state index in [1.807, 2.05) is 32.0 Å². The molecular formula is C15H21NO5. The summed E-state index contributed by atoms with van der Waals surface area (Å²) in [4.78, 5) is 22.7. The molecule has 21 heavy (non-hydrogen) atoms. The molecule has 1 rings (SSSR count). The van der Waals surface area contributed by atoms with Crippen LogP contribution in [0.15, 0.2) is 18.2 Å². The number of carbonyl (C=O) groups is 2. The van der Waals surface area contributed by atoms with Crippen LogP contribution in [-0.2, 0) is 9.59 Å². The van der Waals surface area contributed by atoms with Gasteiger partial charge in [0, 0.05) is 6.54 Å². The number of nitrogens with zero attached hydrogens (tertiary/aromatic N) is 1. The normalized spacial score (nSPS) is 10.6. The van der Waals surface area contributed by atoms with E-state index in [9.17, 15) is 9.59 Å². The number of aryl methyl sites for hydroxylation is 2. The number of aliphatic carboxylic acids is 2. The lowest BCUT2D eigenvalue weighted by atomic mass is 10.1. The smallest absolute Gasteiger partial charge is 0.317 e. The van der Waals surface area contributed by atoms with Crippen LogP contribution < -0.4 is 4.74 Å². The minimum Gasteiger partial charge on any atom is -0.494 e. The maximum Gasteiger partial charge on any atom is 0.317 e. The molecule has 0 bridgehead atoms. The first kappa shape index (κ1) is 17.0. The molecule has 1 aromatic rings. The average molecular weight is 295 g/mol. The number of carboxylic acid groups (broad SMARTS) is 2. The van der Waals surface area contributed by atoms with Gasteiger partial charge in [-0.25, -0.2) is 0 Å². The molecule has 0 radical (unpaired) electrons. The first-order chi connectivity index (χ1) is 9.86. The zero-order chi connectivity index (χ0) is 15.8. The molecule has 2 N–H and O–H groups in total. The second kappa shape index (κ2) is 8.26. The van der Waals surface area contributed by atoms with E-state index in [1.165, 1.54) is 4.90 Å². The molecule has 6 heteroatoms. The number of rotatable bonds is 9.